The summed E-state index contributed by atoms with van der Waals surface area (Å²) in [6.45, 7) is 1.99. The van der Waals surface area contributed by atoms with E-state index in [0.717, 1.165) is 11.3 Å². The lowest BCUT2D eigenvalue weighted by Gasteiger charge is -2.16. The molecule has 1 rings (SSSR count). The Kier molecular flexibility index (Phi) is 7.23. The molecule has 0 saturated carbocycles. The maximum Gasteiger partial charge on any atom is 0.148 e. The van der Waals surface area contributed by atoms with Gasteiger partial charge in [0.2, 0.25) is 0 Å². The normalized spacial score (nSPS) is 11.0. The molecule has 0 radical (unpaired) electrons. The minimum Gasteiger partial charge on any atom is -0.492 e. The van der Waals surface area contributed by atoms with Crippen LogP contribution in [0.1, 0.15) is 5.56 Å². The predicted molar refractivity (Wildman–Crippen MR) is 85.1 cm³/mol. The van der Waals surface area contributed by atoms with Crippen LogP contribution in [0.5, 0.6) is 5.75 Å². The van der Waals surface area contributed by atoms with Crippen molar-refractivity contribution < 1.29 is 13.2 Å². The molecule has 0 amide bonds. The zero-order chi connectivity index (χ0) is 15.7. The summed E-state index contributed by atoms with van der Waals surface area (Å²) < 4.78 is 27.8. The maximum atomic E-state index is 11.1. The van der Waals surface area contributed by atoms with Crippen LogP contribution in [0.2, 0.25) is 0 Å². The van der Waals surface area contributed by atoms with Gasteiger partial charge in [0.15, 0.2) is 0 Å². The Bertz CT molecular complexity index is 603. The summed E-state index contributed by atoms with van der Waals surface area (Å²) in [6, 6.07) is 7.50. The van der Waals surface area contributed by atoms with E-state index in [4.69, 9.17) is 10.5 Å². The zero-order valence-electron chi connectivity index (χ0n) is 12.5. The number of hydrogen-bond acceptors (Lipinski definition) is 5. The van der Waals surface area contributed by atoms with Crippen LogP contribution in [-0.4, -0.2) is 58.6 Å². The second-order valence-corrected chi connectivity index (χ2v) is 7.08. The Morgan fingerprint density at radius 2 is 2.10 bits per heavy atom. The van der Waals surface area contributed by atoms with Gasteiger partial charge in [-0.05, 0) is 25.2 Å². The molecule has 0 unspecified atom stereocenters. The van der Waals surface area contributed by atoms with Gasteiger partial charge in [-0.2, -0.15) is 0 Å². The Balaban J connectivity index is 2.38. The molecule has 5 nitrogen and oxygen atoms in total. The number of ether oxygens (including phenoxy) is 1. The molecular formula is C15H22N2O3S. The number of sulfone groups is 1. The highest BCUT2D eigenvalue weighted by Crippen LogP contribution is 2.12. The van der Waals surface area contributed by atoms with Crippen molar-refractivity contribution in [3.63, 3.8) is 0 Å². The molecule has 2 N–H and O–H groups in total. The summed E-state index contributed by atoms with van der Waals surface area (Å²) in [7, 11) is -1.05. The van der Waals surface area contributed by atoms with Crippen molar-refractivity contribution in [2.75, 3.05) is 45.3 Å². The molecule has 0 aliphatic heterocycles. The van der Waals surface area contributed by atoms with E-state index in [9.17, 15) is 8.42 Å². The summed E-state index contributed by atoms with van der Waals surface area (Å²) >= 11 is 0. The van der Waals surface area contributed by atoms with Crippen molar-refractivity contribution in [3.8, 4) is 17.6 Å². The minimum absolute atomic E-state index is 0.160. The average molecular weight is 310 g/mol. The molecule has 1 aromatic rings. The zero-order valence-corrected chi connectivity index (χ0v) is 13.3. The van der Waals surface area contributed by atoms with E-state index in [2.05, 4.69) is 11.8 Å². The number of likely N-dealkylation sites (N-methyl/N-ethyl adjacent to an activating group) is 1. The van der Waals surface area contributed by atoms with Gasteiger partial charge in [0.25, 0.3) is 0 Å². The summed E-state index contributed by atoms with van der Waals surface area (Å²) in [5.74, 6) is 6.65. The van der Waals surface area contributed by atoms with Crippen molar-refractivity contribution in [3.05, 3.63) is 29.8 Å². The first kappa shape index (κ1) is 17.5. The van der Waals surface area contributed by atoms with Crippen molar-refractivity contribution >= 4 is 9.84 Å². The molecule has 6 heteroatoms. The molecule has 21 heavy (non-hydrogen) atoms. The third kappa shape index (κ3) is 8.35. The number of hydrogen-bond donors (Lipinski definition) is 1. The maximum absolute atomic E-state index is 11.1. The van der Waals surface area contributed by atoms with Crippen LogP contribution in [0.4, 0.5) is 0 Å². The summed E-state index contributed by atoms with van der Waals surface area (Å²) in [6.07, 6.45) is 1.24. The molecule has 0 aromatic heterocycles. The monoisotopic (exact) mass is 310 g/mol. The molecular weight excluding hydrogens is 288 g/mol. The van der Waals surface area contributed by atoms with E-state index < -0.39 is 9.84 Å². The molecule has 0 bridgehead atoms. The lowest BCUT2D eigenvalue weighted by molar-refractivity contribution is 0.244. The second-order valence-electron chi connectivity index (χ2n) is 4.82. The number of nitrogens with zero attached hydrogens (tertiary/aromatic N) is 1. The Morgan fingerprint density at radius 1 is 1.33 bits per heavy atom. The molecule has 0 aliphatic rings. The first-order chi connectivity index (χ1) is 9.90. The van der Waals surface area contributed by atoms with Gasteiger partial charge in [0.05, 0.1) is 12.3 Å². The smallest absolute Gasteiger partial charge is 0.148 e. The molecule has 0 fully saturated rings. The van der Waals surface area contributed by atoms with E-state index in [1.807, 2.05) is 36.2 Å². The molecule has 0 atom stereocenters. The minimum atomic E-state index is -2.92. The van der Waals surface area contributed by atoms with Gasteiger partial charge in [-0.15, -0.1) is 0 Å². The number of nitrogens with two attached hydrogens (primary N) is 1. The lowest BCUT2D eigenvalue weighted by atomic mass is 10.2. The van der Waals surface area contributed by atoms with Crippen LogP contribution in [0.15, 0.2) is 24.3 Å². The van der Waals surface area contributed by atoms with E-state index in [1.54, 1.807) is 0 Å². The highest BCUT2D eigenvalue weighted by atomic mass is 32.2. The van der Waals surface area contributed by atoms with Crippen molar-refractivity contribution in [2.45, 2.75) is 0 Å². The molecule has 116 valence electrons. The van der Waals surface area contributed by atoms with Crippen LogP contribution in [-0.2, 0) is 9.84 Å². The van der Waals surface area contributed by atoms with E-state index in [-0.39, 0.29) is 5.75 Å². The van der Waals surface area contributed by atoms with E-state index in [1.165, 1.54) is 6.26 Å². The SMILES string of the molecule is CN(CCOc1cccc(C#CCN)c1)CCS(C)(=O)=O. The Morgan fingerprint density at radius 3 is 2.76 bits per heavy atom. The third-order valence-corrected chi connectivity index (χ3v) is 3.68. The average Bonchev–Trinajstić information content (AvgIpc) is 2.43. The van der Waals surface area contributed by atoms with Gasteiger partial charge in [0.1, 0.15) is 22.2 Å². The van der Waals surface area contributed by atoms with Crippen molar-refractivity contribution in [2.24, 2.45) is 5.73 Å². The van der Waals surface area contributed by atoms with Gasteiger partial charge in [-0.3, -0.25) is 0 Å². The highest BCUT2D eigenvalue weighted by molar-refractivity contribution is 7.90. The van der Waals surface area contributed by atoms with E-state index >= 15 is 0 Å². The Labute approximate surface area is 127 Å². The van der Waals surface area contributed by atoms with Gasteiger partial charge in [-0.1, -0.05) is 17.9 Å². The molecule has 0 saturated heterocycles. The fourth-order valence-electron chi connectivity index (χ4n) is 1.57. The molecule has 0 heterocycles. The van der Waals surface area contributed by atoms with Crippen LogP contribution >= 0.6 is 0 Å². The standard InChI is InChI=1S/C15H22N2O3S/c1-17(10-12-21(2,18)19)9-11-20-15-7-3-5-14(13-15)6-4-8-16/h3,5,7,13H,8-12,16H2,1-2H3. The summed E-state index contributed by atoms with van der Waals surface area (Å²) in [5, 5.41) is 0. The van der Waals surface area contributed by atoms with Gasteiger partial charge in [-0.25, -0.2) is 8.42 Å². The Hall–Kier alpha value is -1.55. The van der Waals surface area contributed by atoms with Gasteiger partial charge in [0, 0.05) is 24.9 Å². The molecule has 0 aliphatic carbocycles. The lowest BCUT2D eigenvalue weighted by Crippen LogP contribution is -2.29. The predicted octanol–water partition coefficient (Wildman–Crippen LogP) is 0.352. The first-order valence-electron chi connectivity index (χ1n) is 6.69. The van der Waals surface area contributed by atoms with E-state index in [0.29, 0.717) is 26.2 Å². The summed E-state index contributed by atoms with van der Waals surface area (Å²) in [5.41, 5.74) is 6.20. The largest absolute Gasteiger partial charge is 0.492 e. The quantitative estimate of drug-likeness (QED) is 0.736. The highest BCUT2D eigenvalue weighted by Gasteiger charge is 2.05. The third-order valence-electron chi connectivity index (χ3n) is 2.75. The topological polar surface area (TPSA) is 72.6 Å². The van der Waals surface area contributed by atoms with Crippen LogP contribution in [0.25, 0.3) is 0 Å². The molecule has 0 spiro atoms. The fourth-order valence-corrected chi connectivity index (χ4v) is 2.21. The number of rotatable bonds is 7. The van der Waals surface area contributed by atoms with Crippen LogP contribution in [0, 0.1) is 11.8 Å². The van der Waals surface area contributed by atoms with Gasteiger partial charge >= 0.3 is 0 Å². The van der Waals surface area contributed by atoms with Crippen molar-refractivity contribution in [1.82, 2.24) is 4.90 Å². The van der Waals surface area contributed by atoms with Crippen LogP contribution < -0.4 is 10.5 Å². The van der Waals surface area contributed by atoms with Crippen LogP contribution in [0.3, 0.4) is 0 Å². The fraction of sp³-hybridized carbons (Fsp3) is 0.467. The summed E-state index contributed by atoms with van der Waals surface area (Å²) in [4.78, 5) is 1.93. The first-order valence-corrected chi connectivity index (χ1v) is 8.75. The van der Waals surface area contributed by atoms with Gasteiger partial charge < -0.3 is 15.4 Å². The van der Waals surface area contributed by atoms with Crippen molar-refractivity contribution in [1.29, 1.82) is 0 Å². The molecule has 1 aromatic carbocycles. The number of benzene rings is 1. The second kappa shape index (κ2) is 8.67.